The van der Waals surface area contributed by atoms with Crippen LogP contribution in [0.5, 0.6) is 0 Å². The van der Waals surface area contributed by atoms with Crippen LogP contribution in [0.2, 0.25) is 10.0 Å². The van der Waals surface area contributed by atoms with Gasteiger partial charge in [-0.1, -0.05) is 47.1 Å². The number of hydrogen-bond donors (Lipinski definition) is 0. The molecule has 0 aliphatic carbocycles. The molecule has 29 heavy (non-hydrogen) atoms. The smallest absolute Gasteiger partial charge is 0.229 e. The third-order valence-electron chi connectivity index (χ3n) is 5.22. The molecule has 148 valence electrons. The molecule has 0 saturated carbocycles. The Labute approximate surface area is 182 Å². The van der Waals surface area contributed by atoms with Crippen LogP contribution in [0.1, 0.15) is 23.5 Å². The molecule has 0 spiro atoms. The first kappa shape index (κ1) is 20.1. The van der Waals surface area contributed by atoms with Gasteiger partial charge in [0.25, 0.3) is 0 Å². The van der Waals surface area contributed by atoms with Crippen LogP contribution in [0, 0.1) is 24.1 Å². The van der Waals surface area contributed by atoms with Crippen molar-refractivity contribution < 1.29 is 9.18 Å². The fourth-order valence-corrected chi connectivity index (χ4v) is 5.37. The topological polar surface area (TPSA) is 47.3 Å². The van der Waals surface area contributed by atoms with Crippen molar-refractivity contribution in [1.29, 1.82) is 5.26 Å². The van der Waals surface area contributed by atoms with Gasteiger partial charge >= 0.3 is 0 Å². The van der Waals surface area contributed by atoms with E-state index in [1.807, 2.05) is 30.0 Å². The Hall–Kier alpha value is -2.20. The van der Waals surface area contributed by atoms with Gasteiger partial charge in [0.1, 0.15) is 5.82 Å². The zero-order valence-electron chi connectivity index (χ0n) is 15.5. The van der Waals surface area contributed by atoms with E-state index < -0.39 is 11.7 Å². The molecule has 0 aromatic heterocycles. The summed E-state index contributed by atoms with van der Waals surface area (Å²) in [5.74, 6) is -0.808. The number of amides is 1. The minimum absolute atomic E-state index is 0.00399. The maximum absolute atomic E-state index is 14.5. The lowest BCUT2D eigenvalue weighted by molar-refractivity contribution is -0.129. The molecule has 2 aromatic rings. The van der Waals surface area contributed by atoms with Crippen LogP contribution in [0.3, 0.4) is 0 Å². The maximum atomic E-state index is 14.5. The Kier molecular flexibility index (Phi) is 5.48. The molecule has 2 heterocycles. The van der Waals surface area contributed by atoms with E-state index in [4.69, 9.17) is 23.2 Å². The number of rotatable bonds is 2. The largest absolute Gasteiger partial charge is 0.343 e. The van der Waals surface area contributed by atoms with Gasteiger partial charge in [-0.2, -0.15) is 5.26 Å². The molecule has 8 heteroatoms. The van der Waals surface area contributed by atoms with E-state index in [2.05, 4.69) is 6.07 Å². The van der Waals surface area contributed by atoms with E-state index in [9.17, 15) is 14.4 Å². The number of carbonyl (C=O) groups is 1. The van der Waals surface area contributed by atoms with Gasteiger partial charge in [-0.05, 0) is 36.8 Å². The Morgan fingerprint density at radius 3 is 2.66 bits per heavy atom. The van der Waals surface area contributed by atoms with E-state index in [0.29, 0.717) is 28.2 Å². The molecule has 1 saturated heterocycles. The van der Waals surface area contributed by atoms with Gasteiger partial charge in [0.05, 0.1) is 29.2 Å². The first-order valence-corrected chi connectivity index (χ1v) is 10.7. The molecule has 4 nitrogen and oxygen atoms in total. The predicted molar refractivity (Wildman–Crippen MR) is 114 cm³/mol. The maximum Gasteiger partial charge on any atom is 0.229 e. The average molecular weight is 448 g/mol. The monoisotopic (exact) mass is 447 g/mol. The van der Waals surface area contributed by atoms with Crippen LogP contribution >= 0.6 is 35.0 Å². The Balaban J connectivity index is 1.73. The van der Waals surface area contributed by atoms with Crippen molar-refractivity contribution in [2.45, 2.75) is 19.3 Å². The predicted octanol–water partition coefficient (Wildman–Crippen LogP) is 5.66. The Bertz CT molecular complexity index is 1060. The summed E-state index contributed by atoms with van der Waals surface area (Å²) in [4.78, 5) is 16.6. The summed E-state index contributed by atoms with van der Waals surface area (Å²) in [6.07, 6.45) is -0.00399. The van der Waals surface area contributed by atoms with E-state index in [-0.39, 0.29) is 22.9 Å². The first-order chi connectivity index (χ1) is 13.9. The zero-order chi connectivity index (χ0) is 20.7. The fourth-order valence-electron chi connectivity index (χ4n) is 3.74. The third-order valence-corrected chi connectivity index (χ3v) is 7.12. The van der Waals surface area contributed by atoms with Crippen molar-refractivity contribution in [2.24, 2.45) is 0 Å². The van der Waals surface area contributed by atoms with Crippen LogP contribution in [0.25, 0.3) is 0 Å². The highest BCUT2D eigenvalue weighted by molar-refractivity contribution is 8.03. The van der Waals surface area contributed by atoms with Crippen LogP contribution < -0.4 is 4.90 Å². The highest BCUT2D eigenvalue weighted by atomic mass is 35.5. The zero-order valence-corrected chi connectivity index (χ0v) is 17.8. The third kappa shape index (κ3) is 3.48. The summed E-state index contributed by atoms with van der Waals surface area (Å²) >= 11 is 13.9. The van der Waals surface area contributed by atoms with E-state index in [1.54, 1.807) is 11.0 Å². The highest BCUT2D eigenvalue weighted by Gasteiger charge is 2.40. The van der Waals surface area contributed by atoms with E-state index in [0.717, 1.165) is 11.3 Å². The van der Waals surface area contributed by atoms with Gasteiger partial charge in [0, 0.05) is 33.6 Å². The van der Waals surface area contributed by atoms with Gasteiger partial charge in [0.15, 0.2) is 0 Å². The molecule has 0 N–H and O–H groups in total. The Morgan fingerprint density at radius 2 is 1.93 bits per heavy atom. The summed E-state index contributed by atoms with van der Waals surface area (Å²) < 4.78 is 14.5. The normalized spacial score (nSPS) is 19.3. The first-order valence-electron chi connectivity index (χ1n) is 8.93. The number of thioether (sulfide) groups is 1. The number of fused-ring (bicyclic) bond motifs is 1. The molecule has 0 bridgehead atoms. The molecule has 2 aliphatic heterocycles. The standard InChI is InChI=1S/C21H16Cl2FN3OS/c1-12-15(22)4-3-7-18(12)26-10-27-19(28)8-13(14(9-25)21(27)29-11-26)20-16(23)5-2-6-17(20)24/h2-7,13H,8,10-11H2,1H3. The van der Waals surface area contributed by atoms with Gasteiger partial charge in [-0.15, -0.1) is 0 Å². The molecule has 4 rings (SSSR count). The van der Waals surface area contributed by atoms with Crippen molar-refractivity contribution in [2.75, 3.05) is 17.4 Å². The molecule has 2 aromatic carbocycles. The molecule has 0 radical (unpaired) electrons. The van der Waals surface area contributed by atoms with E-state index >= 15 is 0 Å². The lowest BCUT2D eigenvalue weighted by atomic mass is 9.86. The van der Waals surface area contributed by atoms with Crippen LogP contribution in [0.4, 0.5) is 10.1 Å². The van der Waals surface area contributed by atoms with Crippen LogP contribution in [-0.2, 0) is 4.79 Å². The van der Waals surface area contributed by atoms with Gasteiger partial charge in [-0.3, -0.25) is 9.69 Å². The minimum atomic E-state index is -0.681. The lowest BCUT2D eigenvalue weighted by Gasteiger charge is -2.42. The van der Waals surface area contributed by atoms with Crippen molar-refractivity contribution >= 4 is 46.6 Å². The molecular weight excluding hydrogens is 432 g/mol. The van der Waals surface area contributed by atoms with Crippen LogP contribution in [-0.4, -0.2) is 23.4 Å². The Morgan fingerprint density at radius 1 is 1.21 bits per heavy atom. The van der Waals surface area contributed by atoms with Crippen molar-refractivity contribution in [3.05, 3.63) is 74.0 Å². The SMILES string of the molecule is Cc1c(Cl)cccc1N1CSC2=C(C#N)C(c3c(F)cccc3Cl)CC(=O)N2C1. The number of anilines is 1. The van der Waals surface area contributed by atoms with Gasteiger partial charge in [0.2, 0.25) is 5.91 Å². The average Bonchev–Trinajstić information content (AvgIpc) is 2.70. The minimum Gasteiger partial charge on any atom is -0.343 e. The number of nitriles is 1. The fraction of sp³-hybridized carbons (Fsp3) is 0.238. The van der Waals surface area contributed by atoms with E-state index in [1.165, 1.54) is 23.9 Å². The van der Waals surface area contributed by atoms with Gasteiger partial charge < -0.3 is 4.90 Å². The molecule has 2 aliphatic rings. The molecule has 1 atom stereocenters. The number of carbonyl (C=O) groups excluding carboxylic acids is 1. The van der Waals surface area contributed by atoms with Crippen molar-refractivity contribution in [1.82, 2.24) is 4.90 Å². The highest BCUT2D eigenvalue weighted by Crippen LogP contribution is 2.45. The summed E-state index contributed by atoms with van der Waals surface area (Å²) in [6, 6.07) is 12.2. The second-order valence-corrected chi connectivity index (χ2v) is 8.63. The van der Waals surface area contributed by atoms with Crippen LogP contribution in [0.15, 0.2) is 47.0 Å². The second kappa shape index (κ2) is 7.91. The molecule has 1 unspecified atom stereocenters. The number of benzene rings is 2. The summed E-state index contributed by atoms with van der Waals surface area (Å²) in [5, 5.41) is 11.3. The lowest BCUT2D eigenvalue weighted by Crippen LogP contribution is -2.47. The summed E-state index contributed by atoms with van der Waals surface area (Å²) in [7, 11) is 0. The summed E-state index contributed by atoms with van der Waals surface area (Å²) in [6.45, 7) is 2.24. The van der Waals surface area contributed by atoms with Crippen molar-refractivity contribution in [3.63, 3.8) is 0 Å². The number of allylic oxidation sites excluding steroid dienone is 1. The van der Waals surface area contributed by atoms with Crippen molar-refractivity contribution in [3.8, 4) is 6.07 Å². The summed E-state index contributed by atoms with van der Waals surface area (Å²) in [5.41, 5.74) is 2.46. The molecular formula is C21H16Cl2FN3OS. The second-order valence-electron chi connectivity index (χ2n) is 6.88. The van der Waals surface area contributed by atoms with Gasteiger partial charge in [-0.25, -0.2) is 4.39 Å². The molecule has 1 amide bonds. The molecule has 1 fully saturated rings. The number of hydrogen-bond acceptors (Lipinski definition) is 4. The number of nitrogens with zero attached hydrogens (tertiary/aromatic N) is 3. The quantitative estimate of drug-likeness (QED) is 0.595. The number of halogens is 3.